The van der Waals surface area contributed by atoms with E-state index in [1.165, 1.54) is 0 Å². The van der Waals surface area contributed by atoms with Crippen LogP contribution in [0.5, 0.6) is 5.75 Å². The Hall–Kier alpha value is -3.17. The molecule has 0 spiro atoms. The maximum atomic E-state index is 12.4. The van der Waals surface area contributed by atoms with Crippen LogP contribution in [0.15, 0.2) is 57.9 Å². The summed E-state index contributed by atoms with van der Waals surface area (Å²) in [4.78, 5) is 12.6. The number of benzene rings is 2. The molecule has 164 valence electrons. The van der Waals surface area contributed by atoms with Gasteiger partial charge in [0.1, 0.15) is 18.1 Å². The predicted octanol–water partition coefficient (Wildman–Crippen LogP) is 2.89. The number of nitrogens with one attached hydrogen (secondary N) is 2. The van der Waals surface area contributed by atoms with Gasteiger partial charge in [-0.1, -0.05) is 28.9 Å². The lowest BCUT2D eigenvalue weighted by Gasteiger charge is -2.10. The molecule has 0 aliphatic carbocycles. The highest BCUT2D eigenvalue weighted by atomic mass is 32.2. The van der Waals surface area contributed by atoms with Crippen molar-refractivity contribution in [2.75, 3.05) is 13.1 Å². The second-order valence-electron chi connectivity index (χ2n) is 7.09. The van der Waals surface area contributed by atoms with E-state index in [-0.39, 0.29) is 30.5 Å². The minimum absolute atomic E-state index is 0.0736. The van der Waals surface area contributed by atoms with Crippen LogP contribution in [0.2, 0.25) is 0 Å². The Labute approximate surface area is 181 Å². The highest BCUT2D eigenvalue weighted by molar-refractivity contribution is 7.89. The number of hydrogen-bond acceptors (Lipinski definition) is 6. The van der Waals surface area contributed by atoms with Gasteiger partial charge in [-0.2, -0.15) is 0 Å². The Bertz CT molecular complexity index is 1130. The minimum atomic E-state index is -3.62. The molecule has 8 nitrogen and oxygen atoms in total. The van der Waals surface area contributed by atoms with Crippen molar-refractivity contribution in [2.45, 2.75) is 32.3 Å². The number of hydrogen-bond donors (Lipinski definition) is 2. The van der Waals surface area contributed by atoms with Gasteiger partial charge in [-0.15, -0.1) is 0 Å². The zero-order chi connectivity index (χ0) is 22.4. The number of carbonyl (C=O) groups is 1. The number of sulfonamides is 1. The van der Waals surface area contributed by atoms with E-state index in [1.54, 1.807) is 48.5 Å². The average Bonchev–Trinajstić information content (AvgIpc) is 3.07. The smallest absolute Gasteiger partial charge is 0.251 e. The molecule has 1 amide bonds. The van der Waals surface area contributed by atoms with Crippen LogP contribution >= 0.6 is 0 Å². The van der Waals surface area contributed by atoms with Crippen molar-refractivity contribution in [2.24, 2.45) is 0 Å². The normalized spacial score (nSPS) is 11.3. The predicted molar refractivity (Wildman–Crippen MR) is 115 cm³/mol. The first-order valence-electron chi connectivity index (χ1n) is 9.75. The van der Waals surface area contributed by atoms with Gasteiger partial charge in [0, 0.05) is 18.7 Å². The third kappa shape index (κ3) is 5.93. The van der Waals surface area contributed by atoms with E-state index in [9.17, 15) is 13.2 Å². The molecule has 1 heterocycles. The molecule has 2 aromatic carbocycles. The van der Waals surface area contributed by atoms with Gasteiger partial charge in [-0.25, -0.2) is 13.1 Å². The summed E-state index contributed by atoms with van der Waals surface area (Å²) in [5.74, 6) is 0.907. The lowest BCUT2D eigenvalue weighted by molar-refractivity contribution is 0.0954. The molecule has 0 saturated heterocycles. The summed E-state index contributed by atoms with van der Waals surface area (Å²) < 4.78 is 37.9. The fourth-order valence-electron chi connectivity index (χ4n) is 2.85. The van der Waals surface area contributed by atoms with E-state index >= 15 is 0 Å². The first-order valence-corrected chi connectivity index (χ1v) is 11.2. The van der Waals surface area contributed by atoms with Crippen molar-refractivity contribution in [3.8, 4) is 5.75 Å². The first kappa shape index (κ1) is 22.5. The fourth-order valence-corrected chi connectivity index (χ4v) is 3.89. The molecular weight excluding hydrogens is 418 g/mol. The van der Waals surface area contributed by atoms with Gasteiger partial charge in [0.25, 0.3) is 5.91 Å². The van der Waals surface area contributed by atoms with E-state index in [0.717, 1.165) is 16.8 Å². The number of amides is 1. The van der Waals surface area contributed by atoms with Crippen molar-refractivity contribution in [1.29, 1.82) is 0 Å². The lowest BCUT2D eigenvalue weighted by atomic mass is 10.2. The summed E-state index contributed by atoms with van der Waals surface area (Å²) in [5.41, 5.74) is 3.02. The van der Waals surface area contributed by atoms with Crippen LogP contribution in [0, 0.1) is 20.8 Å². The van der Waals surface area contributed by atoms with Crippen LogP contribution in [0.1, 0.15) is 32.9 Å². The number of carbonyl (C=O) groups excluding carboxylic acids is 1. The monoisotopic (exact) mass is 443 g/mol. The molecular formula is C22H25N3O5S. The van der Waals surface area contributed by atoms with Gasteiger partial charge in [0.05, 0.1) is 16.2 Å². The van der Waals surface area contributed by atoms with Crippen molar-refractivity contribution in [3.05, 3.63) is 76.7 Å². The van der Waals surface area contributed by atoms with E-state index < -0.39 is 10.0 Å². The molecule has 0 atom stereocenters. The third-order valence-electron chi connectivity index (χ3n) is 4.69. The van der Waals surface area contributed by atoms with Gasteiger partial charge >= 0.3 is 0 Å². The van der Waals surface area contributed by atoms with Gasteiger partial charge in [0.2, 0.25) is 10.0 Å². The number of nitrogens with zero attached hydrogens (tertiary/aromatic N) is 1. The molecule has 0 aliphatic rings. The molecule has 3 rings (SSSR count). The van der Waals surface area contributed by atoms with Crippen LogP contribution < -0.4 is 14.8 Å². The maximum absolute atomic E-state index is 12.4. The van der Waals surface area contributed by atoms with Gasteiger partial charge in [-0.3, -0.25) is 4.79 Å². The number of rotatable bonds is 9. The third-order valence-corrected chi connectivity index (χ3v) is 6.17. The Morgan fingerprint density at radius 1 is 1.06 bits per heavy atom. The van der Waals surface area contributed by atoms with Crippen molar-refractivity contribution < 1.29 is 22.5 Å². The summed E-state index contributed by atoms with van der Waals surface area (Å²) in [5, 5.41) is 6.59. The summed E-state index contributed by atoms with van der Waals surface area (Å²) in [6, 6.07) is 13.3. The topological polar surface area (TPSA) is 111 Å². The summed E-state index contributed by atoms with van der Waals surface area (Å²) in [7, 11) is -3.62. The number of ether oxygens (including phenoxy) is 1. The van der Waals surface area contributed by atoms with Crippen molar-refractivity contribution in [3.63, 3.8) is 0 Å². The molecule has 0 unspecified atom stereocenters. The standard InChI is InChI=1S/C22H25N3O5S/c1-15-7-9-20(10-8-15)31(27,28)24-12-11-23-22(26)18-5-4-6-19(13-18)29-14-21-16(2)25-30-17(21)3/h4-10,13,24H,11-12,14H2,1-3H3,(H,23,26). The van der Waals surface area contributed by atoms with Gasteiger partial charge in [-0.05, 0) is 51.1 Å². The highest BCUT2D eigenvalue weighted by Gasteiger charge is 2.14. The summed E-state index contributed by atoms with van der Waals surface area (Å²) >= 11 is 0. The molecule has 1 aromatic heterocycles. The van der Waals surface area contributed by atoms with Gasteiger partial charge in [0.15, 0.2) is 0 Å². The zero-order valence-corrected chi connectivity index (χ0v) is 18.5. The molecule has 0 radical (unpaired) electrons. The minimum Gasteiger partial charge on any atom is -0.489 e. The summed E-state index contributed by atoms with van der Waals surface area (Å²) in [6.45, 7) is 6.04. The second-order valence-corrected chi connectivity index (χ2v) is 8.85. The van der Waals surface area contributed by atoms with E-state index in [4.69, 9.17) is 9.26 Å². The average molecular weight is 444 g/mol. The molecule has 0 fully saturated rings. The highest BCUT2D eigenvalue weighted by Crippen LogP contribution is 2.18. The lowest BCUT2D eigenvalue weighted by Crippen LogP contribution is -2.34. The van der Waals surface area contributed by atoms with Crippen molar-refractivity contribution >= 4 is 15.9 Å². The maximum Gasteiger partial charge on any atom is 0.251 e. The Morgan fingerprint density at radius 3 is 2.48 bits per heavy atom. The Balaban J connectivity index is 1.50. The first-order chi connectivity index (χ1) is 14.8. The zero-order valence-electron chi connectivity index (χ0n) is 17.6. The van der Waals surface area contributed by atoms with E-state index in [0.29, 0.717) is 17.1 Å². The van der Waals surface area contributed by atoms with Gasteiger partial charge < -0.3 is 14.6 Å². The fraction of sp³-hybridized carbons (Fsp3) is 0.273. The molecule has 0 aliphatic heterocycles. The summed E-state index contributed by atoms with van der Waals surface area (Å²) in [6.07, 6.45) is 0. The second kappa shape index (κ2) is 9.76. The van der Waals surface area contributed by atoms with Crippen LogP contribution in [0.4, 0.5) is 0 Å². The van der Waals surface area contributed by atoms with Crippen LogP contribution in [-0.2, 0) is 16.6 Å². The molecule has 0 saturated carbocycles. The molecule has 31 heavy (non-hydrogen) atoms. The Morgan fingerprint density at radius 2 is 1.81 bits per heavy atom. The van der Waals surface area contributed by atoms with E-state index in [1.807, 2.05) is 20.8 Å². The molecule has 9 heteroatoms. The number of aromatic nitrogens is 1. The van der Waals surface area contributed by atoms with Crippen molar-refractivity contribution in [1.82, 2.24) is 15.2 Å². The molecule has 0 bridgehead atoms. The molecule has 3 aromatic rings. The number of aryl methyl sites for hydroxylation is 3. The Kier molecular flexibility index (Phi) is 7.09. The van der Waals surface area contributed by atoms with E-state index in [2.05, 4.69) is 15.2 Å². The quantitative estimate of drug-likeness (QED) is 0.492. The molecule has 2 N–H and O–H groups in total. The SMILES string of the molecule is Cc1ccc(S(=O)(=O)NCCNC(=O)c2cccc(OCc3c(C)noc3C)c2)cc1. The largest absolute Gasteiger partial charge is 0.489 e. The van der Waals surface area contributed by atoms with Crippen LogP contribution in [0.25, 0.3) is 0 Å². The van der Waals surface area contributed by atoms with Crippen LogP contribution in [0.3, 0.4) is 0 Å². The van der Waals surface area contributed by atoms with Crippen LogP contribution in [-0.4, -0.2) is 32.6 Å².